The molecule has 0 aromatic heterocycles. The summed E-state index contributed by atoms with van der Waals surface area (Å²) < 4.78 is 11.7. The molecule has 1 fully saturated rings. The molecule has 1 aliphatic rings. The van der Waals surface area contributed by atoms with Crippen LogP contribution < -0.4 is 15.9 Å². The van der Waals surface area contributed by atoms with Crippen LogP contribution in [-0.2, 0) is 9.47 Å². The summed E-state index contributed by atoms with van der Waals surface area (Å²) in [4.78, 5) is 0. The van der Waals surface area contributed by atoms with Crippen LogP contribution >= 0.6 is 7.26 Å². The maximum atomic E-state index is 5.84. The van der Waals surface area contributed by atoms with E-state index in [1.165, 1.54) is 15.9 Å². The Bertz CT molecular complexity index is 820. The Morgan fingerprint density at radius 3 is 1.59 bits per heavy atom. The van der Waals surface area contributed by atoms with Crippen LogP contribution in [0.3, 0.4) is 0 Å². The van der Waals surface area contributed by atoms with Crippen molar-refractivity contribution in [3.63, 3.8) is 0 Å². The summed E-state index contributed by atoms with van der Waals surface area (Å²) in [5.74, 6) is 0. The van der Waals surface area contributed by atoms with Gasteiger partial charge in [-0.1, -0.05) is 54.6 Å². The quantitative estimate of drug-likeness (QED) is 0.439. The van der Waals surface area contributed by atoms with Crippen molar-refractivity contribution in [1.82, 2.24) is 0 Å². The van der Waals surface area contributed by atoms with Gasteiger partial charge < -0.3 is 9.47 Å². The minimum Gasteiger partial charge on any atom is -0.349 e. The number of ether oxygens (including phenoxy) is 2. The number of allylic oxidation sites excluding steroid dienone is 1. The zero-order valence-corrected chi connectivity index (χ0v) is 17.8. The Labute approximate surface area is 174 Å². The van der Waals surface area contributed by atoms with Crippen LogP contribution in [0.2, 0.25) is 0 Å². The summed E-state index contributed by atoms with van der Waals surface area (Å²) >= 11 is 0. The maximum Gasteiger partial charge on any atom is 0.179 e. The predicted octanol–water partition coefficient (Wildman–Crippen LogP) is 4.69. The lowest BCUT2D eigenvalue weighted by molar-refractivity contribution is -0.156. The molecule has 0 spiro atoms. The second kappa shape index (κ2) is 9.50. The minimum absolute atomic E-state index is 0.215. The van der Waals surface area contributed by atoms with Crippen LogP contribution in [0.25, 0.3) is 0 Å². The predicted molar refractivity (Wildman–Crippen MR) is 124 cm³/mol. The highest BCUT2D eigenvalue weighted by Crippen LogP contribution is 2.55. The van der Waals surface area contributed by atoms with Crippen molar-refractivity contribution in [2.75, 3.05) is 19.4 Å². The summed E-state index contributed by atoms with van der Waals surface area (Å²) in [6, 6.07) is 32.9. The van der Waals surface area contributed by atoms with Crippen molar-refractivity contribution < 1.29 is 9.47 Å². The monoisotopic (exact) mass is 403 g/mol. The van der Waals surface area contributed by atoms with Gasteiger partial charge in [0, 0.05) is 0 Å². The first-order valence-corrected chi connectivity index (χ1v) is 12.2. The van der Waals surface area contributed by atoms with E-state index in [0.29, 0.717) is 0 Å². The topological polar surface area (TPSA) is 18.5 Å². The minimum atomic E-state index is -1.85. The highest BCUT2D eigenvalue weighted by atomic mass is 31.2. The molecule has 1 aliphatic heterocycles. The average molecular weight is 403 g/mol. The fraction of sp³-hybridized carbons (Fsp3) is 0.231. The van der Waals surface area contributed by atoms with Crippen molar-refractivity contribution in [1.29, 1.82) is 0 Å². The molecule has 0 amide bonds. The first kappa shape index (κ1) is 20.0. The van der Waals surface area contributed by atoms with Crippen LogP contribution in [0.5, 0.6) is 0 Å². The molecule has 0 radical (unpaired) electrons. The molecule has 2 nitrogen and oxygen atoms in total. The van der Waals surface area contributed by atoms with Gasteiger partial charge in [0.25, 0.3) is 0 Å². The molecule has 0 N–H and O–H groups in total. The van der Waals surface area contributed by atoms with E-state index in [9.17, 15) is 0 Å². The molecule has 1 heterocycles. The highest BCUT2D eigenvalue weighted by molar-refractivity contribution is 7.95. The number of hydrogen-bond acceptors (Lipinski definition) is 2. The Morgan fingerprint density at radius 2 is 1.17 bits per heavy atom. The SMILES string of the molecule is C/C(=C\C[P+](c1ccccc1)(c1ccccc1)c1ccccc1)C1OCCCO1. The van der Waals surface area contributed by atoms with E-state index in [2.05, 4.69) is 104 Å². The summed E-state index contributed by atoms with van der Waals surface area (Å²) in [6.45, 7) is 3.67. The Hall–Kier alpha value is -2.25. The molecule has 0 saturated carbocycles. The van der Waals surface area contributed by atoms with E-state index in [4.69, 9.17) is 9.47 Å². The second-order valence-electron chi connectivity index (χ2n) is 7.37. The average Bonchev–Trinajstić information content (AvgIpc) is 2.82. The van der Waals surface area contributed by atoms with Crippen LogP contribution in [0.15, 0.2) is 103 Å². The summed E-state index contributed by atoms with van der Waals surface area (Å²) in [5.41, 5.74) is 1.16. The van der Waals surface area contributed by atoms with E-state index in [0.717, 1.165) is 31.4 Å². The van der Waals surface area contributed by atoms with Gasteiger partial charge in [0.1, 0.15) is 23.2 Å². The molecule has 29 heavy (non-hydrogen) atoms. The normalized spacial score (nSPS) is 16.0. The molecular weight excluding hydrogens is 375 g/mol. The molecule has 0 bridgehead atoms. The van der Waals surface area contributed by atoms with Gasteiger partial charge in [-0.15, -0.1) is 0 Å². The van der Waals surface area contributed by atoms with Crippen molar-refractivity contribution >= 4 is 23.2 Å². The van der Waals surface area contributed by atoms with Crippen LogP contribution in [0, 0.1) is 0 Å². The van der Waals surface area contributed by atoms with Gasteiger partial charge in [-0.3, -0.25) is 0 Å². The zero-order valence-electron chi connectivity index (χ0n) is 16.9. The van der Waals surface area contributed by atoms with E-state index < -0.39 is 7.26 Å². The number of hydrogen-bond donors (Lipinski definition) is 0. The van der Waals surface area contributed by atoms with Gasteiger partial charge in [0.2, 0.25) is 0 Å². The molecule has 1 saturated heterocycles. The summed E-state index contributed by atoms with van der Waals surface area (Å²) in [6.07, 6.45) is 4.04. The molecule has 0 aliphatic carbocycles. The van der Waals surface area contributed by atoms with Gasteiger partial charge in [0.15, 0.2) is 6.29 Å². The first-order chi connectivity index (χ1) is 14.3. The lowest BCUT2D eigenvalue weighted by atomic mass is 10.2. The van der Waals surface area contributed by atoms with Crippen molar-refractivity contribution in [2.45, 2.75) is 19.6 Å². The molecule has 0 atom stereocenters. The van der Waals surface area contributed by atoms with E-state index in [1.54, 1.807) is 0 Å². The lowest BCUT2D eigenvalue weighted by Gasteiger charge is -2.28. The van der Waals surface area contributed by atoms with E-state index in [1.807, 2.05) is 0 Å². The molecule has 148 valence electrons. The van der Waals surface area contributed by atoms with Gasteiger partial charge in [-0.25, -0.2) is 0 Å². The van der Waals surface area contributed by atoms with E-state index in [-0.39, 0.29) is 6.29 Å². The standard InChI is InChI=1S/C26H28O2P/c1-22(26-27-19-11-20-28-26)18-21-29(23-12-5-2-6-13-23,24-14-7-3-8-15-24)25-16-9-4-10-17-25/h2-10,12-18,26H,11,19-21H2,1H3/q+1/b22-18+. The van der Waals surface area contributed by atoms with Gasteiger partial charge in [-0.05, 0) is 61.4 Å². The van der Waals surface area contributed by atoms with Crippen LogP contribution in [-0.4, -0.2) is 25.7 Å². The number of rotatable bonds is 6. The third-order valence-electron chi connectivity index (χ3n) is 5.48. The largest absolute Gasteiger partial charge is 0.349 e. The molecule has 4 rings (SSSR count). The fourth-order valence-electron chi connectivity index (χ4n) is 3.94. The molecular formula is C26H28O2P+. The highest BCUT2D eigenvalue weighted by Gasteiger charge is 2.44. The summed E-state index contributed by atoms with van der Waals surface area (Å²) in [5, 5.41) is 4.19. The maximum absolute atomic E-state index is 5.84. The third-order valence-corrected chi connectivity index (χ3v) is 9.75. The Morgan fingerprint density at radius 1 is 0.759 bits per heavy atom. The molecule has 3 aromatic carbocycles. The Balaban J connectivity index is 1.83. The Kier molecular flexibility index (Phi) is 6.56. The molecule has 0 unspecified atom stereocenters. The van der Waals surface area contributed by atoms with Crippen LogP contribution in [0.4, 0.5) is 0 Å². The van der Waals surface area contributed by atoms with Crippen molar-refractivity contribution in [3.8, 4) is 0 Å². The smallest absolute Gasteiger partial charge is 0.179 e. The lowest BCUT2D eigenvalue weighted by Crippen LogP contribution is -2.33. The van der Waals surface area contributed by atoms with E-state index >= 15 is 0 Å². The first-order valence-electron chi connectivity index (χ1n) is 10.3. The summed E-state index contributed by atoms with van der Waals surface area (Å²) in [7, 11) is -1.85. The van der Waals surface area contributed by atoms with Crippen molar-refractivity contribution in [3.05, 3.63) is 103 Å². The van der Waals surface area contributed by atoms with Gasteiger partial charge in [0.05, 0.1) is 19.4 Å². The third kappa shape index (κ3) is 4.36. The zero-order chi connectivity index (χ0) is 19.9. The van der Waals surface area contributed by atoms with Crippen LogP contribution in [0.1, 0.15) is 13.3 Å². The van der Waals surface area contributed by atoms with Gasteiger partial charge in [-0.2, -0.15) is 0 Å². The molecule has 3 heteroatoms. The second-order valence-corrected chi connectivity index (χ2v) is 10.9. The fourth-order valence-corrected chi connectivity index (χ4v) is 8.07. The van der Waals surface area contributed by atoms with Crippen molar-refractivity contribution in [2.24, 2.45) is 0 Å². The molecule has 3 aromatic rings. The number of benzene rings is 3. The van der Waals surface area contributed by atoms with Gasteiger partial charge >= 0.3 is 0 Å².